The largest absolute Gasteiger partial charge is 0.443 e. The van der Waals surface area contributed by atoms with E-state index < -0.39 is 0 Å². The Morgan fingerprint density at radius 3 is 2.69 bits per heavy atom. The molecule has 0 saturated heterocycles. The van der Waals surface area contributed by atoms with Crippen molar-refractivity contribution in [1.82, 2.24) is 0 Å². The number of hydrogen-bond acceptors (Lipinski definition) is 3. The third-order valence-corrected chi connectivity index (χ3v) is 5.21. The average Bonchev–Trinajstić information content (AvgIpc) is 2.64. The SMILES string of the molecule is CCc1cc(=O)oc2c3c(c(Cl)cc12)OC[NH+](Cc1ccc(C)cc1)C3. The van der Waals surface area contributed by atoms with Gasteiger partial charge in [0.05, 0.1) is 10.6 Å². The van der Waals surface area contributed by atoms with Gasteiger partial charge in [0.15, 0.2) is 11.3 Å². The first-order valence-electron chi connectivity index (χ1n) is 8.85. The molecule has 0 spiro atoms. The highest BCUT2D eigenvalue weighted by Crippen LogP contribution is 2.37. The van der Waals surface area contributed by atoms with Crippen molar-refractivity contribution in [3.8, 4) is 5.75 Å². The molecular formula is C21H21ClNO3+. The number of aryl methyl sites for hydroxylation is 2. The van der Waals surface area contributed by atoms with E-state index in [4.69, 9.17) is 20.8 Å². The summed E-state index contributed by atoms with van der Waals surface area (Å²) in [6.45, 7) is 6.18. The maximum Gasteiger partial charge on any atom is 0.336 e. The van der Waals surface area contributed by atoms with Crippen molar-refractivity contribution in [2.45, 2.75) is 33.4 Å². The quantitative estimate of drug-likeness (QED) is 0.720. The van der Waals surface area contributed by atoms with Crippen molar-refractivity contribution in [2.24, 2.45) is 0 Å². The molecule has 4 rings (SSSR count). The second kappa shape index (κ2) is 6.78. The van der Waals surface area contributed by atoms with Crippen LogP contribution >= 0.6 is 11.6 Å². The normalized spacial score (nSPS) is 16.3. The summed E-state index contributed by atoms with van der Waals surface area (Å²) in [7, 11) is 0. The van der Waals surface area contributed by atoms with Crippen molar-refractivity contribution in [3.05, 3.63) is 74.1 Å². The summed E-state index contributed by atoms with van der Waals surface area (Å²) in [4.78, 5) is 13.2. The fraction of sp³-hybridized carbons (Fsp3) is 0.286. The van der Waals surface area contributed by atoms with Crippen LogP contribution in [0.4, 0.5) is 0 Å². The predicted molar refractivity (Wildman–Crippen MR) is 102 cm³/mol. The van der Waals surface area contributed by atoms with Crippen LogP contribution in [0.15, 0.2) is 45.6 Å². The number of nitrogens with one attached hydrogen (secondary N) is 1. The molecule has 1 aromatic heterocycles. The Bertz CT molecular complexity index is 1020. The topological polar surface area (TPSA) is 43.9 Å². The van der Waals surface area contributed by atoms with Crippen molar-refractivity contribution in [3.63, 3.8) is 0 Å². The third-order valence-electron chi connectivity index (χ3n) is 4.92. The highest BCUT2D eigenvalue weighted by atomic mass is 35.5. The van der Waals surface area contributed by atoms with Gasteiger partial charge in [-0.2, -0.15) is 0 Å². The van der Waals surface area contributed by atoms with Crippen LogP contribution in [0.1, 0.15) is 29.2 Å². The molecule has 0 bridgehead atoms. The number of quaternary nitrogens is 1. The van der Waals surface area contributed by atoms with E-state index in [1.165, 1.54) is 16.0 Å². The van der Waals surface area contributed by atoms with E-state index in [1.54, 1.807) is 6.07 Å². The lowest BCUT2D eigenvalue weighted by Gasteiger charge is -2.27. The molecule has 1 aliphatic heterocycles. The van der Waals surface area contributed by atoms with Gasteiger partial charge in [-0.1, -0.05) is 48.4 Å². The van der Waals surface area contributed by atoms with E-state index >= 15 is 0 Å². The predicted octanol–water partition coefficient (Wildman–Crippen LogP) is 3.25. The zero-order chi connectivity index (χ0) is 18.3. The molecule has 1 N–H and O–H groups in total. The summed E-state index contributed by atoms with van der Waals surface area (Å²) < 4.78 is 11.5. The molecule has 0 aliphatic carbocycles. The van der Waals surface area contributed by atoms with Crippen molar-refractivity contribution in [2.75, 3.05) is 6.73 Å². The minimum Gasteiger partial charge on any atom is -0.443 e. The fourth-order valence-corrected chi connectivity index (χ4v) is 3.84. The second-order valence-corrected chi connectivity index (χ2v) is 7.27. The number of rotatable bonds is 3. The van der Waals surface area contributed by atoms with Gasteiger partial charge in [0.25, 0.3) is 0 Å². The maximum absolute atomic E-state index is 12.0. The van der Waals surface area contributed by atoms with Crippen LogP contribution < -0.4 is 15.3 Å². The first-order chi connectivity index (χ1) is 12.5. The van der Waals surface area contributed by atoms with Gasteiger partial charge in [0, 0.05) is 17.0 Å². The molecule has 1 unspecified atom stereocenters. The molecule has 1 atom stereocenters. The molecule has 0 amide bonds. The summed E-state index contributed by atoms with van der Waals surface area (Å²) in [6.07, 6.45) is 0.748. The lowest BCUT2D eigenvalue weighted by Crippen LogP contribution is -3.10. The van der Waals surface area contributed by atoms with Gasteiger partial charge in [0.2, 0.25) is 6.73 Å². The number of hydrogen-bond donors (Lipinski definition) is 1. The first-order valence-corrected chi connectivity index (χ1v) is 9.23. The number of ether oxygens (including phenoxy) is 1. The molecule has 0 fully saturated rings. The van der Waals surface area contributed by atoms with Gasteiger partial charge < -0.3 is 9.15 Å². The number of fused-ring (bicyclic) bond motifs is 3. The molecule has 1 aliphatic rings. The lowest BCUT2D eigenvalue weighted by molar-refractivity contribution is -0.945. The highest BCUT2D eigenvalue weighted by Gasteiger charge is 2.27. The summed E-state index contributed by atoms with van der Waals surface area (Å²) in [5.74, 6) is 0.642. The molecule has 0 radical (unpaired) electrons. The van der Waals surface area contributed by atoms with E-state index in [0.29, 0.717) is 29.6 Å². The molecule has 2 aromatic carbocycles. The second-order valence-electron chi connectivity index (χ2n) is 6.86. The zero-order valence-electron chi connectivity index (χ0n) is 14.9. The summed E-state index contributed by atoms with van der Waals surface area (Å²) >= 11 is 6.46. The van der Waals surface area contributed by atoms with Crippen molar-refractivity contribution in [1.29, 1.82) is 0 Å². The van der Waals surface area contributed by atoms with E-state index in [2.05, 4.69) is 31.2 Å². The molecular weight excluding hydrogens is 350 g/mol. The van der Waals surface area contributed by atoms with Crippen LogP contribution in [0.25, 0.3) is 11.0 Å². The Hall–Kier alpha value is -2.30. The van der Waals surface area contributed by atoms with Crippen molar-refractivity contribution >= 4 is 22.6 Å². The van der Waals surface area contributed by atoms with Gasteiger partial charge in [-0.25, -0.2) is 4.79 Å². The smallest absolute Gasteiger partial charge is 0.336 e. The van der Waals surface area contributed by atoms with E-state index in [9.17, 15) is 4.79 Å². The lowest BCUT2D eigenvalue weighted by atomic mass is 10.0. The van der Waals surface area contributed by atoms with E-state index in [-0.39, 0.29) is 5.63 Å². The summed E-state index contributed by atoms with van der Waals surface area (Å²) in [6, 6.07) is 11.9. The Kier molecular flexibility index (Phi) is 4.47. The monoisotopic (exact) mass is 370 g/mol. The molecule has 134 valence electrons. The standard InChI is InChI=1S/C21H20ClNO3/c1-3-15-8-19(24)26-20-16(15)9-18(22)21-17(20)11-23(12-25-21)10-14-6-4-13(2)5-7-14/h4-9H,3,10-12H2,1-2H3/p+1. The van der Waals surface area contributed by atoms with Crippen LogP contribution in [0.2, 0.25) is 5.02 Å². The fourth-order valence-electron chi connectivity index (χ4n) is 3.57. The maximum atomic E-state index is 12.0. The zero-order valence-corrected chi connectivity index (χ0v) is 15.7. The van der Waals surface area contributed by atoms with Crippen LogP contribution in [0.5, 0.6) is 5.75 Å². The molecule has 26 heavy (non-hydrogen) atoms. The van der Waals surface area contributed by atoms with Crippen LogP contribution in [0, 0.1) is 6.92 Å². The van der Waals surface area contributed by atoms with Gasteiger partial charge in [0.1, 0.15) is 13.1 Å². The van der Waals surface area contributed by atoms with Gasteiger partial charge in [-0.3, -0.25) is 4.90 Å². The Balaban J connectivity index is 1.75. The average molecular weight is 371 g/mol. The summed E-state index contributed by atoms with van der Waals surface area (Å²) in [5, 5.41) is 1.47. The van der Waals surface area contributed by atoms with Crippen LogP contribution in [0.3, 0.4) is 0 Å². The van der Waals surface area contributed by atoms with Crippen LogP contribution in [-0.4, -0.2) is 6.73 Å². The molecule has 3 aromatic rings. The summed E-state index contributed by atoms with van der Waals surface area (Å²) in [5.41, 5.74) is 4.61. The Morgan fingerprint density at radius 1 is 1.19 bits per heavy atom. The Morgan fingerprint density at radius 2 is 1.96 bits per heavy atom. The molecule has 2 heterocycles. The van der Waals surface area contributed by atoms with E-state index in [1.807, 2.05) is 13.0 Å². The van der Waals surface area contributed by atoms with Gasteiger partial charge >= 0.3 is 5.63 Å². The number of benzene rings is 2. The third kappa shape index (κ3) is 3.11. The minimum absolute atomic E-state index is 0.329. The van der Waals surface area contributed by atoms with Crippen molar-refractivity contribution < 1.29 is 14.1 Å². The van der Waals surface area contributed by atoms with Gasteiger partial charge in [-0.05, 0) is 25.0 Å². The van der Waals surface area contributed by atoms with Crippen LogP contribution in [-0.2, 0) is 19.5 Å². The van der Waals surface area contributed by atoms with E-state index in [0.717, 1.165) is 29.5 Å². The first kappa shape index (κ1) is 17.1. The Labute approximate surface area is 156 Å². The highest BCUT2D eigenvalue weighted by molar-refractivity contribution is 6.33. The molecule has 5 heteroatoms. The minimum atomic E-state index is -0.329. The molecule has 0 saturated carbocycles. The molecule has 4 nitrogen and oxygen atoms in total. The number of halogens is 1. The van der Waals surface area contributed by atoms with Gasteiger partial charge in [-0.15, -0.1) is 0 Å².